The van der Waals surface area contributed by atoms with Crippen molar-refractivity contribution in [2.45, 2.75) is 33.0 Å². The van der Waals surface area contributed by atoms with Gasteiger partial charge in [0.1, 0.15) is 6.10 Å². The fourth-order valence-electron chi connectivity index (χ4n) is 3.47. The number of nitrogens with zero attached hydrogens (tertiary/aromatic N) is 3. The van der Waals surface area contributed by atoms with E-state index in [1.165, 1.54) is 16.9 Å². The van der Waals surface area contributed by atoms with Gasteiger partial charge in [0.05, 0.1) is 10.2 Å². The Morgan fingerprint density at radius 3 is 2.47 bits per heavy atom. The molecule has 30 heavy (non-hydrogen) atoms. The van der Waals surface area contributed by atoms with Gasteiger partial charge in [-0.05, 0) is 64.2 Å². The Bertz CT molecular complexity index is 1080. The molecule has 7 heteroatoms. The van der Waals surface area contributed by atoms with Gasteiger partial charge in [-0.15, -0.1) is 0 Å². The second-order valence-electron chi connectivity index (χ2n) is 7.95. The number of hydrogen-bond donors (Lipinski definition) is 0. The molecule has 6 nitrogen and oxygen atoms in total. The smallest absolute Gasteiger partial charge is 0.273 e. The van der Waals surface area contributed by atoms with Crippen LogP contribution < -0.4 is 14.4 Å². The lowest BCUT2D eigenvalue weighted by Crippen LogP contribution is -2.52. The van der Waals surface area contributed by atoms with Gasteiger partial charge in [0.2, 0.25) is 6.10 Å². The summed E-state index contributed by atoms with van der Waals surface area (Å²) in [6.45, 7) is 7.27. The van der Waals surface area contributed by atoms with Crippen molar-refractivity contribution in [3.63, 3.8) is 0 Å². The molecule has 0 spiro atoms. The third-order valence-electron chi connectivity index (χ3n) is 5.43. The molecule has 2 heterocycles. The van der Waals surface area contributed by atoms with E-state index >= 15 is 0 Å². The molecular formula is C23H27N3O3S. The molecule has 2 aromatic carbocycles. The fraction of sp³-hybridized carbons (Fsp3) is 0.391. The average molecular weight is 426 g/mol. The number of ether oxygens (including phenoxy) is 2. The second-order valence-corrected chi connectivity index (χ2v) is 8.96. The maximum absolute atomic E-state index is 13.6. The summed E-state index contributed by atoms with van der Waals surface area (Å²) >= 11 is 1.54. The Balaban J connectivity index is 1.69. The van der Waals surface area contributed by atoms with Gasteiger partial charge in [-0.25, -0.2) is 4.98 Å². The van der Waals surface area contributed by atoms with Gasteiger partial charge in [0.15, 0.2) is 16.6 Å². The predicted octanol–water partition coefficient (Wildman–Crippen LogP) is 4.04. The van der Waals surface area contributed by atoms with Crippen LogP contribution in [-0.2, 0) is 4.79 Å². The maximum atomic E-state index is 13.6. The van der Waals surface area contributed by atoms with Crippen molar-refractivity contribution in [2.24, 2.45) is 0 Å². The van der Waals surface area contributed by atoms with Crippen LogP contribution in [0.3, 0.4) is 0 Å². The van der Waals surface area contributed by atoms with Gasteiger partial charge in [0.25, 0.3) is 5.91 Å². The van der Waals surface area contributed by atoms with Crippen molar-refractivity contribution in [1.29, 1.82) is 0 Å². The number of aromatic nitrogens is 1. The molecule has 0 radical (unpaired) electrons. The fourth-order valence-corrected chi connectivity index (χ4v) is 4.53. The van der Waals surface area contributed by atoms with Crippen LogP contribution in [0.15, 0.2) is 36.4 Å². The second kappa shape index (κ2) is 8.24. The van der Waals surface area contributed by atoms with E-state index in [1.54, 1.807) is 4.90 Å². The van der Waals surface area contributed by atoms with E-state index in [4.69, 9.17) is 14.5 Å². The molecule has 0 N–H and O–H groups in total. The number of anilines is 1. The SMILES string of the molecule is Cc1ccc2sc(N(CCN(C)C)C(=O)C3Oc4ccccc4OC3C)nc2c1C. The lowest BCUT2D eigenvalue weighted by Gasteiger charge is -2.34. The third-order valence-corrected chi connectivity index (χ3v) is 6.47. The Morgan fingerprint density at radius 2 is 1.77 bits per heavy atom. The van der Waals surface area contributed by atoms with E-state index in [9.17, 15) is 4.79 Å². The first-order chi connectivity index (χ1) is 14.3. The highest BCUT2D eigenvalue weighted by Gasteiger charge is 2.38. The van der Waals surface area contributed by atoms with Crippen LogP contribution in [0.4, 0.5) is 5.13 Å². The molecular weight excluding hydrogens is 398 g/mol. The van der Waals surface area contributed by atoms with Crippen molar-refractivity contribution in [1.82, 2.24) is 9.88 Å². The van der Waals surface area contributed by atoms with Crippen LogP contribution in [-0.4, -0.2) is 55.2 Å². The van der Waals surface area contributed by atoms with Gasteiger partial charge < -0.3 is 14.4 Å². The lowest BCUT2D eigenvalue weighted by molar-refractivity contribution is -0.130. The highest BCUT2D eigenvalue weighted by atomic mass is 32.1. The summed E-state index contributed by atoms with van der Waals surface area (Å²) in [5.74, 6) is 1.13. The third kappa shape index (κ3) is 3.87. The lowest BCUT2D eigenvalue weighted by atomic mass is 10.1. The quantitative estimate of drug-likeness (QED) is 0.618. The number of amides is 1. The molecule has 2 unspecified atom stereocenters. The van der Waals surface area contributed by atoms with E-state index in [1.807, 2.05) is 45.3 Å². The Morgan fingerprint density at radius 1 is 1.07 bits per heavy atom. The highest BCUT2D eigenvalue weighted by Crippen LogP contribution is 2.36. The van der Waals surface area contributed by atoms with Gasteiger partial charge in [-0.2, -0.15) is 0 Å². The van der Waals surface area contributed by atoms with Crippen molar-refractivity contribution < 1.29 is 14.3 Å². The van der Waals surface area contributed by atoms with E-state index in [-0.39, 0.29) is 5.91 Å². The number of hydrogen-bond acceptors (Lipinski definition) is 6. The number of thiazole rings is 1. The number of para-hydroxylation sites is 2. The van der Waals surface area contributed by atoms with E-state index in [0.29, 0.717) is 23.2 Å². The van der Waals surface area contributed by atoms with Gasteiger partial charge in [0, 0.05) is 13.1 Å². The summed E-state index contributed by atoms with van der Waals surface area (Å²) in [5, 5.41) is 0.695. The number of aryl methyl sites for hydroxylation is 2. The first-order valence-electron chi connectivity index (χ1n) is 10.1. The first kappa shape index (κ1) is 20.6. The zero-order valence-electron chi connectivity index (χ0n) is 18.0. The molecule has 1 amide bonds. The number of carbonyl (C=O) groups is 1. The average Bonchev–Trinajstić information content (AvgIpc) is 3.14. The maximum Gasteiger partial charge on any atom is 0.273 e. The zero-order chi connectivity index (χ0) is 21.4. The largest absolute Gasteiger partial charge is 0.482 e. The van der Waals surface area contributed by atoms with Crippen LogP contribution >= 0.6 is 11.3 Å². The minimum atomic E-state index is -0.725. The van der Waals surface area contributed by atoms with Crippen LogP contribution in [0.25, 0.3) is 10.2 Å². The number of benzene rings is 2. The molecule has 0 saturated carbocycles. The summed E-state index contributed by atoms with van der Waals surface area (Å²) < 4.78 is 13.1. The van der Waals surface area contributed by atoms with Crippen molar-refractivity contribution >= 4 is 32.6 Å². The van der Waals surface area contributed by atoms with Gasteiger partial charge in [-0.1, -0.05) is 29.5 Å². The molecule has 158 valence electrons. The minimum absolute atomic E-state index is 0.132. The molecule has 0 fully saturated rings. The summed E-state index contributed by atoms with van der Waals surface area (Å²) in [4.78, 5) is 22.3. The molecule has 1 aliphatic rings. The Labute approximate surface area is 181 Å². The predicted molar refractivity (Wildman–Crippen MR) is 121 cm³/mol. The van der Waals surface area contributed by atoms with Crippen molar-refractivity contribution in [3.05, 3.63) is 47.5 Å². The van der Waals surface area contributed by atoms with Gasteiger partial charge >= 0.3 is 0 Å². The molecule has 3 aromatic rings. The van der Waals surface area contributed by atoms with Gasteiger partial charge in [-0.3, -0.25) is 9.69 Å². The number of rotatable bonds is 5. The van der Waals surface area contributed by atoms with Crippen LogP contribution in [0, 0.1) is 13.8 Å². The Hall–Kier alpha value is -2.64. The van der Waals surface area contributed by atoms with E-state index in [0.717, 1.165) is 22.3 Å². The molecule has 0 aliphatic carbocycles. The van der Waals surface area contributed by atoms with Crippen molar-refractivity contribution in [3.8, 4) is 11.5 Å². The molecule has 4 rings (SSSR count). The topological polar surface area (TPSA) is 54.9 Å². The molecule has 2 atom stereocenters. The van der Waals surface area contributed by atoms with Crippen LogP contribution in [0.2, 0.25) is 0 Å². The number of carbonyl (C=O) groups excluding carboxylic acids is 1. The highest BCUT2D eigenvalue weighted by molar-refractivity contribution is 7.22. The molecule has 0 bridgehead atoms. The zero-order valence-corrected chi connectivity index (χ0v) is 18.8. The monoisotopic (exact) mass is 425 g/mol. The number of likely N-dealkylation sites (N-methyl/N-ethyl adjacent to an activating group) is 1. The Kier molecular flexibility index (Phi) is 5.66. The normalized spacial score (nSPS) is 18.1. The first-order valence-corrected chi connectivity index (χ1v) is 10.9. The summed E-state index contributed by atoms with van der Waals surface area (Å²) in [6.07, 6.45) is -1.12. The number of fused-ring (bicyclic) bond motifs is 2. The molecule has 1 aromatic heterocycles. The van der Waals surface area contributed by atoms with Crippen LogP contribution in [0.5, 0.6) is 11.5 Å². The summed E-state index contributed by atoms with van der Waals surface area (Å²) in [6, 6.07) is 11.6. The van der Waals surface area contributed by atoms with E-state index < -0.39 is 12.2 Å². The summed E-state index contributed by atoms with van der Waals surface area (Å²) in [7, 11) is 3.99. The van der Waals surface area contributed by atoms with Crippen molar-refractivity contribution in [2.75, 3.05) is 32.1 Å². The molecule has 0 saturated heterocycles. The minimum Gasteiger partial charge on any atom is -0.482 e. The molecule has 1 aliphatic heterocycles. The van der Waals surface area contributed by atoms with Crippen LogP contribution in [0.1, 0.15) is 18.1 Å². The standard InChI is InChI=1S/C23H27N3O3S/c1-14-10-11-19-20(15(14)2)24-23(30-19)26(13-12-25(4)5)22(27)21-16(3)28-17-8-6-7-9-18(17)29-21/h6-11,16,21H,12-13H2,1-5H3. The van der Waals surface area contributed by atoms with E-state index in [2.05, 4.69) is 30.9 Å². The summed E-state index contributed by atoms with van der Waals surface area (Å²) in [5.41, 5.74) is 3.30.